The first-order chi connectivity index (χ1) is 5.68. The van der Waals surface area contributed by atoms with Gasteiger partial charge >= 0.3 is 0 Å². The number of aromatic hydroxyl groups is 1. The molecule has 0 spiro atoms. The Bertz CT molecular complexity index is 390. The van der Waals surface area contributed by atoms with E-state index in [0.717, 1.165) is 16.5 Å². The molecule has 0 saturated heterocycles. The van der Waals surface area contributed by atoms with Gasteiger partial charge in [0, 0.05) is 11.5 Å². The minimum Gasteiger partial charge on any atom is -0.495 e. The number of H-pyrrole nitrogens is 1. The van der Waals surface area contributed by atoms with Crippen LogP contribution in [0.2, 0.25) is 0 Å². The van der Waals surface area contributed by atoms with Crippen molar-refractivity contribution in [1.82, 2.24) is 4.98 Å². The Morgan fingerprint density at radius 2 is 1.83 bits per heavy atom. The summed E-state index contributed by atoms with van der Waals surface area (Å²) in [7, 11) is 0. The normalized spacial score (nSPS) is 10.8. The van der Waals surface area contributed by atoms with E-state index in [0.29, 0.717) is 0 Å². The number of rotatable bonds is 0. The molecular formula is C10H11NO. The van der Waals surface area contributed by atoms with Crippen LogP contribution in [0.5, 0.6) is 5.88 Å². The molecule has 0 amide bonds. The van der Waals surface area contributed by atoms with Crippen molar-refractivity contribution >= 4 is 10.9 Å². The van der Waals surface area contributed by atoms with Crippen LogP contribution in [0.1, 0.15) is 11.1 Å². The molecule has 1 heterocycles. The van der Waals surface area contributed by atoms with Crippen molar-refractivity contribution in [2.45, 2.75) is 13.8 Å². The molecule has 2 nitrogen and oxygen atoms in total. The molecule has 2 heteroatoms. The average molecular weight is 161 g/mol. The molecule has 2 rings (SSSR count). The zero-order valence-electron chi connectivity index (χ0n) is 7.18. The highest BCUT2D eigenvalue weighted by Crippen LogP contribution is 2.25. The Kier molecular flexibility index (Phi) is 1.37. The molecule has 0 atom stereocenters. The standard InChI is InChI=1S/C10H11NO/c1-6-3-4-7(2)10-8(6)5-9(12)11-10/h3-5,11-12H,1-2H3. The van der Waals surface area contributed by atoms with E-state index in [1.54, 1.807) is 6.07 Å². The zero-order valence-corrected chi connectivity index (χ0v) is 7.18. The summed E-state index contributed by atoms with van der Waals surface area (Å²) in [5.74, 6) is 0.238. The summed E-state index contributed by atoms with van der Waals surface area (Å²) < 4.78 is 0. The lowest BCUT2D eigenvalue weighted by atomic mass is 10.1. The number of hydrogen-bond donors (Lipinski definition) is 2. The minimum atomic E-state index is 0.238. The molecule has 0 unspecified atom stereocenters. The molecule has 0 saturated carbocycles. The topological polar surface area (TPSA) is 36.0 Å². The van der Waals surface area contributed by atoms with Crippen molar-refractivity contribution in [2.75, 3.05) is 0 Å². The summed E-state index contributed by atoms with van der Waals surface area (Å²) in [5, 5.41) is 10.4. The van der Waals surface area contributed by atoms with Crippen molar-refractivity contribution in [1.29, 1.82) is 0 Å². The highest BCUT2D eigenvalue weighted by Gasteiger charge is 2.03. The molecule has 0 aliphatic heterocycles. The first-order valence-electron chi connectivity index (χ1n) is 3.96. The zero-order chi connectivity index (χ0) is 8.72. The van der Waals surface area contributed by atoms with Gasteiger partial charge in [-0.25, -0.2) is 0 Å². The van der Waals surface area contributed by atoms with Crippen molar-refractivity contribution in [2.24, 2.45) is 0 Å². The van der Waals surface area contributed by atoms with E-state index >= 15 is 0 Å². The minimum absolute atomic E-state index is 0.238. The Labute approximate surface area is 70.8 Å². The third-order valence-electron chi connectivity index (χ3n) is 2.21. The average Bonchev–Trinajstić information content (AvgIpc) is 2.41. The Morgan fingerprint density at radius 3 is 2.50 bits per heavy atom. The number of hydrogen-bond acceptors (Lipinski definition) is 1. The Hall–Kier alpha value is -1.44. The van der Waals surface area contributed by atoms with E-state index in [1.807, 2.05) is 19.9 Å². The van der Waals surface area contributed by atoms with Crippen LogP contribution < -0.4 is 0 Å². The molecule has 0 aliphatic rings. The van der Waals surface area contributed by atoms with Gasteiger partial charge in [-0.2, -0.15) is 0 Å². The second-order valence-electron chi connectivity index (χ2n) is 3.14. The lowest BCUT2D eigenvalue weighted by Crippen LogP contribution is -1.78. The van der Waals surface area contributed by atoms with Crippen LogP contribution >= 0.6 is 0 Å². The first kappa shape index (κ1) is 7.22. The number of aromatic amines is 1. The maximum absolute atomic E-state index is 9.25. The molecule has 1 aromatic heterocycles. The molecule has 0 aliphatic carbocycles. The molecule has 12 heavy (non-hydrogen) atoms. The first-order valence-corrected chi connectivity index (χ1v) is 3.96. The number of fused-ring (bicyclic) bond motifs is 1. The number of aromatic nitrogens is 1. The van der Waals surface area contributed by atoms with E-state index in [-0.39, 0.29) is 5.88 Å². The molecule has 2 aromatic rings. The molecular weight excluding hydrogens is 150 g/mol. The number of benzene rings is 1. The molecule has 1 aromatic carbocycles. The second-order valence-corrected chi connectivity index (χ2v) is 3.14. The van der Waals surface area contributed by atoms with Gasteiger partial charge in [0.2, 0.25) is 0 Å². The van der Waals surface area contributed by atoms with Crippen molar-refractivity contribution in [3.8, 4) is 5.88 Å². The number of nitrogens with one attached hydrogen (secondary N) is 1. The van der Waals surface area contributed by atoms with Crippen molar-refractivity contribution < 1.29 is 5.11 Å². The summed E-state index contributed by atoms with van der Waals surface area (Å²) in [6.07, 6.45) is 0. The van der Waals surface area contributed by atoms with Gasteiger partial charge in [-0.1, -0.05) is 12.1 Å². The van der Waals surface area contributed by atoms with Crippen LogP contribution in [-0.4, -0.2) is 10.1 Å². The summed E-state index contributed by atoms with van der Waals surface area (Å²) in [6.45, 7) is 4.06. The predicted octanol–water partition coefficient (Wildman–Crippen LogP) is 2.49. The van der Waals surface area contributed by atoms with E-state index in [4.69, 9.17) is 0 Å². The summed E-state index contributed by atoms with van der Waals surface area (Å²) >= 11 is 0. The molecule has 2 N–H and O–H groups in total. The summed E-state index contributed by atoms with van der Waals surface area (Å²) in [4.78, 5) is 2.92. The van der Waals surface area contributed by atoms with Crippen LogP contribution in [0.15, 0.2) is 18.2 Å². The predicted molar refractivity (Wildman–Crippen MR) is 49.4 cm³/mol. The third-order valence-corrected chi connectivity index (χ3v) is 2.21. The van der Waals surface area contributed by atoms with Crippen LogP contribution in [0.25, 0.3) is 10.9 Å². The van der Waals surface area contributed by atoms with Crippen molar-refractivity contribution in [3.63, 3.8) is 0 Å². The molecule has 0 radical (unpaired) electrons. The third kappa shape index (κ3) is 0.881. The fourth-order valence-electron chi connectivity index (χ4n) is 1.49. The van der Waals surface area contributed by atoms with E-state index in [9.17, 15) is 5.11 Å². The van der Waals surface area contributed by atoms with Crippen LogP contribution in [0, 0.1) is 13.8 Å². The molecule has 0 fully saturated rings. The smallest absolute Gasteiger partial charge is 0.189 e. The highest BCUT2D eigenvalue weighted by molar-refractivity contribution is 5.87. The molecule has 62 valence electrons. The van der Waals surface area contributed by atoms with Gasteiger partial charge in [0.05, 0.1) is 5.52 Å². The van der Waals surface area contributed by atoms with E-state index < -0.39 is 0 Å². The van der Waals surface area contributed by atoms with Crippen molar-refractivity contribution in [3.05, 3.63) is 29.3 Å². The van der Waals surface area contributed by atoms with Crippen LogP contribution in [0.4, 0.5) is 0 Å². The van der Waals surface area contributed by atoms with Crippen LogP contribution in [-0.2, 0) is 0 Å². The monoisotopic (exact) mass is 161 g/mol. The Morgan fingerprint density at radius 1 is 1.17 bits per heavy atom. The lowest BCUT2D eigenvalue weighted by molar-refractivity contribution is 0.458. The van der Waals surface area contributed by atoms with Gasteiger partial charge in [-0.15, -0.1) is 0 Å². The number of aryl methyl sites for hydroxylation is 2. The second kappa shape index (κ2) is 2.27. The SMILES string of the molecule is Cc1ccc(C)c2[nH]c(O)cc12. The van der Waals surface area contributed by atoms with E-state index in [1.165, 1.54) is 5.56 Å². The van der Waals surface area contributed by atoms with E-state index in [2.05, 4.69) is 11.1 Å². The van der Waals surface area contributed by atoms with Crippen LogP contribution in [0.3, 0.4) is 0 Å². The van der Waals surface area contributed by atoms with Gasteiger partial charge in [-0.3, -0.25) is 0 Å². The lowest BCUT2D eigenvalue weighted by Gasteiger charge is -1.97. The highest BCUT2D eigenvalue weighted by atomic mass is 16.3. The molecule has 0 bridgehead atoms. The summed E-state index contributed by atoms with van der Waals surface area (Å²) in [6, 6.07) is 5.87. The fourth-order valence-corrected chi connectivity index (χ4v) is 1.49. The largest absolute Gasteiger partial charge is 0.495 e. The van der Waals surface area contributed by atoms with Gasteiger partial charge in [0.25, 0.3) is 0 Å². The van der Waals surface area contributed by atoms with Gasteiger partial charge < -0.3 is 10.1 Å². The van der Waals surface area contributed by atoms with Gasteiger partial charge in [0.1, 0.15) is 0 Å². The maximum Gasteiger partial charge on any atom is 0.189 e. The van der Waals surface area contributed by atoms with Gasteiger partial charge in [-0.05, 0) is 25.0 Å². The fraction of sp³-hybridized carbons (Fsp3) is 0.200. The quantitative estimate of drug-likeness (QED) is 0.611. The maximum atomic E-state index is 9.25. The van der Waals surface area contributed by atoms with Gasteiger partial charge in [0.15, 0.2) is 5.88 Å². The summed E-state index contributed by atoms with van der Waals surface area (Å²) in [5.41, 5.74) is 3.38. The Balaban J connectivity index is 2.93.